The molecule has 20 heavy (non-hydrogen) atoms. The Bertz CT molecular complexity index is 733. The molecule has 1 aromatic carbocycles. The second-order valence-electron chi connectivity index (χ2n) is 4.18. The van der Waals surface area contributed by atoms with E-state index < -0.39 is 15.0 Å². The number of nitrogens with zero attached hydrogens (tertiary/aromatic N) is 2. The first-order valence-corrected chi connectivity index (χ1v) is 7.83. The molecule has 0 aliphatic heterocycles. The normalized spacial score (nSPS) is 11.3. The highest BCUT2D eigenvalue weighted by Crippen LogP contribution is 2.26. The maximum Gasteiger partial charge on any atom is 0.277 e. The third-order valence-corrected chi connectivity index (χ3v) is 4.01. The van der Waals surface area contributed by atoms with E-state index in [0.29, 0.717) is 16.8 Å². The molecule has 0 unspecified atom stereocenters. The molecular formula is C11H11ClN4O3S. The molecule has 0 aliphatic rings. The fourth-order valence-corrected chi connectivity index (χ4v) is 2.65. The number of aromatic nitrogens is 3. The molecule has 2 rings (SSSR count). The van der Waals surface area contributed by atoms with Gasteiger partial charge in [0.1, 0.15) is 0 Å². The Hall–Kier alpha value is -1.93. The largest absolute Gasteiger partial charge is 0.320 e. The van der Waals surface area contributed by atoms with Gasteiger partial charge in [0.05, 0.1) is 11.1 Å². The molecule has 0 bridgehead atoms. The zero-order valence-electron chi connectivity index (χ0n) is 10.6. The molecule has 0 atom stereocenters. The van der Waals surface area contributed by atoms with E-state index in [-0.39, 0.29) is 10.6 Å². The summed E-state index contributed by atoms with van der Waals surface area (Å²) in [6.45, 7) is 3.36. The first-order valence-electron chi connectivity index (χ1n) is 5.52. The van der Waals surface area contributed by atoms with Crippen molar-refractivity contribution in [3.8, 4) is 0 Å². The van der Waals surface area contributed by atoms with Crippen LogP contribution in [-0.2, 0) is 9.05 Å². The minimum Gasteiger partial charge on any atom is -0.320 e. The molecule has 7 nitrogen and oxygen atoms in total. The van der Waals surface area contributed by atoms with Crippen molar-refractivity contribution in [1.82, 2.24) is 15.4 Å². The van der Waals surface area contributed by atoms with Gasteiger partial charge in [-0.1, -0.05) is 0 Å². The SMILES string of the molecule is Cc1cc(S(=O)(=O)Cl)cc(C)c1NC(=O)c1cn[nH]n1. The lowest BCUT2D eigenvalue weighted by Gasteiger charge is -2.12. The molecule has 2 N–H and O–H groups in total. The molecule has 1 amide bonds. The van der Waals surface area contributed by atoms with Crippen LogP contribution in [0.4, 0.5) is 5.69 Å². The molecule has 106 valence electrons. The molecular weight excluding hydrogens is 304 g/mol. The van der Waals surface area contributed by atoms with E-state index in [9.17, 15) is 13.2 Å². The van der Waals surface area contributed by atoms with E-state index >= 15 is 0 Å². The number of anilines is 1. The average molecular weight is 315 g/mol. The number of H-pyrrole nitrogens is 1. The number of hydrogen-bond acceptors (Lipinski definition) is 5. The molecule has 0 saturated heterocycles. The number of amides is 1. The summed E-state index contributed by atoms with van der Waals surface area (Å²) in [6, 6.07) is 2.79. The summed E-state index contributed by atoms with van der Waals surface area (Å²) in [5.41, 5.74) is 1.82. The number of nitrogens with one attached hydrogen (secondary N) is 2. The average Bonchev–Trinajstić information content (AvgIpc) is 2.85. The quantitative estimate of drug-likeness (QED) is 0.837. The fourth-order valence-electron chi connectivity index (χ4n) is 1.75. The lowest BCUT2D eigenvalue weighted by molar-refractivity contribution is 0.102. The van der Waals surface area contributed by atoms with Gasteiger partial charge in [-0.15, -0.1) is 0 Å². The molecule has 9 heteroatoms. The van der Waals surface area contributed by atoms with Crippen LogP contribution >= 0.6 is 10.7 Å². The molecule has 0 spiro atoms. The topological polar surface area (TPSA) is 105 Å². The number of aryl methyl sites for hydroxylation is 2. The third-order valence-electron chi connectivity index (χ3n) is 2.67. The van der Waals surface area contributed by atoms with Gasteiger partial charge in [-0.05, 0) is 37.1 Å². The second-order valence-corrected chi connectivity index (χ2v) is 6.75. The van der Waals surface area contributed by atoms with E-state index in [0.717, 1.165) is 0 Å². The molecule has 0 aliphatic carbocycles. The van der Waals surface area contributed by atoms with Crippen molar-refractivity contribution >= 4 is 31.3 Å². The third kappa shape index (κ3) is 2.97. The molecule has 0 fully saturated rings. The van der Waals surface area contributed by atoms with Crippen molar-refractivity contribution in [2.75, 3.05) is 5.32 Å². The van der Waals surface area contributed by atoms with E-state index in [1.165, 1.54) is 18.3 Å². The van der Waals surface area contributed by atoms with Crippen molar-refractivity contribution in [2.24, 2.45) is 0 Å². The second kappa shape index (κ2) is 5.22. The minimum absolute atomic E-state index is 0.00592. The van der Waals surface area contributed by atoms with Crippen molar-refractivity contribution in [3.63, 3.8) is 0 Å². The fraction of sp³-hybridized carbons (Fsp3) is 0.182. The minimum atomic E-state index is -3.80. The molecule has 0 radical (unpaired) electrons. The molecule has 1 heterocycles. The maximum absolute atomic E-state index is 11.9. The van der Waals surface area contributed by atoms with Crippen LogP contribution in [0, 0.1) is 13.8 Å². The number of halogens is 1. The van der Waals surface area contributed by atoms with Crippen LogP contribution in [0.2, 0.25) is 0 Å². The highest BCUT2D eigenvalue weighted by molar-refractivity contribution is 8.13. The van der Waals surface area contributed by atoms with E-state index in [1.54, 1.807) is 13.8 Å². The van der Waals surface area contributed by atoms with Crippen molar-refractivity contribution in [1.29, 1.82) is 0 Å². The Morgan fingerprint density at radius 3 is 2.35 bits per heavy atom. The predicted octanol–water partition coefficient (Wildman–Crippen LogP) is 1.60. The standard InChI is InChI=1S/C11H11ClN4O3S/c1-6-3-8(20(12,18)19)4-7(2)10(6)14-11(17)9-5-13-16-15-9/h3-5H,1-2H3,(H,14,17)(H,13,15,16). The smallest absolute Gasteiger partial charge is 0.277 e. The summed E-state index contributed by atoms with van der Waals surface area (Å²) in [6.07, 6.45) is 1.29. The van der Waals surface area contributed by atoms with Gasteiger partial charge in [0, 0.05) is 16.4 Å². The van der Waals surface area contributed by atoms with Gasteiger partial charge in [-0.2, -0.15) is 15.4 Å². The zero-order valence-corrected chi connectivity index (χ0v) is 12.2. The predicted molar refractivity (Wildman–Crippen MR) is 73.3 cm³/mol. The Morgan fingerprint density at radius 1 is 1.30 bits per heavy atom. The van der Waals surface area contributed by atoms with Crippen molar-refractivity contribution in [2.45, 2.75) is 18.7 Å². The van der Waals surface area contributed by atoms with Crippen LogP contribution in [0.1, 0.15) is 21.6 Å². The van der Waals surface area contributed by atoms with Crippen LogP contribution < -0.4 is 5.32 Å². The van der Waals surface area contributed by atoms with Gasteiger partial charge in [0.15, 0.2) is 5.69 Å². The van der Waals surface area contributed by atoms with Gasteiger partial charge in [0.2, 0.25) is 0 Å². The molecule has 2 aromatic rings. The number of carbonyl (C=O) groups excluding carboxylic acids is 1. The van der Waals surface area contributed by atoms with Crippen LogP contribution in [0.5, 0.6) is 0 Å². The molecule has 1 aromatic heterocycles. The lowest BCUT2D eigenvalue weighted by Crippen LogP contribution is -2.14. The Morgan fingerprint density at radius 2 is 1.90 bits per heavy atom. The Labute approximate surface area is 119 Å². The van der Waals surface area contributed by atoms with Crippen LogP contribution in [0.3, 0.4) is 0 Å². The van der Waals surface area contributed by atoms with Crippen LogP contribution in [0.25, 0.3) is 0 Å². The summed E-state index contributed by atoms with van der Waals surface area (Å²) in [4.78, 5) is 11.9. The van der Waals surface area contributed by atoms with Gasteiger partial charge in [-0.25, -0.2) is 8.42 Å². The van der Waals surface area contributed by atoms with E-state index in [2.05, 4.69) is 20.7 Å². The summed E-state index contributed by atoms with van der Waals surface area (Å²) >= 11 is 0. The van der Waals surface area contributed by atoms with Gasteiger partial charge >= 0.3 is 0 Å². The first kappa shape index (κ1) is 14.5. The lowest BCUT2D eigenvalue weighted by atomic mass is 10.1. The van der Waals surface area contributed by atoms with Crippen LogP contribution in [-0.4, -0.2) is 29.7 Å². The first-order chi connectivity index (χ1) is 9.29. The monoisotopic (exact) mass is 314 g/mol. The van der Waals surface area contributed by atoms with E-state index in [4.69, 9.17) is 10.7 Å². The summed E-state index contributed by atoms with van der Waals surface area (Å²) in [7, 11) is 1.50. The zero-order chi connectivity index (χ0) is 14.9. The van der Waals surface area contributed by atoms with E-state index in [1.807, 2.05) is 0 Å². The number of aromatic amines is 1. The Balaban J connectivity index is 2.37. The summed E-state index contributed by atoms with van der Waals surface area (Å²) < 4.78 is 22.6. The van der Waals surface area contributed by atoms with Gasteiger partial charge < -0.3 is 5.32 Å². The number of rotatable bonds is 3. The number of carbonyl (C=O) groups is 1. The Kier molecular flexibility index (Phi) is 3.78. The van der Waals surface area contributed by atoms with Crippen molar-refractivity contribution < 1.29 is 13.2 Å². The summed E-state index contributed by atoms with van der Waals surface area (Å²) in [5.74, 6) is -0.438. The highest BCUT2D eigenvalue weighted by Gasteiger charge is 2.16. The maximum atomic E-state index is 11.9. The van der Waals surface area contributed by atoms with Gasteiger partial charge in [-0.3, -0.25) is 4.79 Å². The van der Waals surface area contributed by atoms with Gasteiger partial charge in [0.25, 0.3) is 15.0 Å². The molecule has 0 saturated carbocycles. The highest BCUT2D eigenvalue weighted by atomic mass is 35.7. The van der Waals surface area contributed by atoms with Crippen molar-refractivity contribution in [3.05, 3.63) is 35.2 Å². The summed E-state index contributed by atoms with van der Waals surface area (Å²) in [5, 5.41) is 12.2. The number of benzene rings is 1. The van der Waals surface area contributed by atoms with Crippen LogP contribution in [0.15, 0.2) is 23.2 Å². The number of hydrogen-bond donors (Lipinski definition) is 2.